The minimum absolute atomic E-state index is 0.0172. The van der Waals surface area contributed by atoms with Gasteiger partial charge in [-0.1, -0.05) is 17.7 Å². The summed E-state index contributed by atoms with van der Waals surface area (Å²) in [4.78, 5) is 36.7. The molecule has 0 saturated carbocycles. The monoisotopic (exact) mass is 392 g/mol. The molecule has 29 heavy (non-hydrogen) atoms. The molecule has 2 amide bonds. The van der Waals surface area contributed by atoms with Gasteiger partial charge in [0.15, 0.2) is 0 Å². The lowest BCUT2D eigenvalue weighted by Crippen LogP contribution is -2.31. The molecule has 0 radical (unpaired) electrons. The number of methoxy groups -OCH3 is 1. The number of anilines is 2. The fourth-order valence-electron chi connectivity index (χ4n) is 2.53. The van der Waals surface area contributed by atoms with Gasteiger partial charge >= 0.3 is 0 Å². The van der Waals surface area contributed by atoms with Crippen molar-refractivity contribution >= 4 is 23.2 Å². The van der Waals surface area contributed by atoms with Gasteiger partial charge in [-0.25, -0.2) is 4.68 Å². The topological polar surface area (TPSA) is 102 Å². The Morgan fingerprint density at radius 3 is 2.21 bits per heavy atom. The third-order valence-corrected chi connectivity index (χ3v) is 4.08. The molecule has 2 N–H and O–H groups in total. The van der Waals surface area contributed by atoms with Crippen molar-refractivity contribution in [1.29, 1.82) is 0 Å². The number of rotatable bonds is 6. The summed E-state index contributed by atoms with van der Waals surface area (Å²) in [6.45, 7) is 1.63. The van der Waals surface area contributed by atoms with E-state index in [1.807, 2.05) is 19.1 Å². The van der Waals surface area contributed by atoms with E-state index in [9.17, 15) is 14.4 Å². The molecule has 0 unspecified atom stereocenters. The van der Waals surface area contributed by atoms with Crippen LogP contribution in [-0.4, -0.2) is 28.7 Å². The third-order valence-electron chi connectivity index (χ3n) is 4.08. The Balaban J connectivity index is 1.69. The van der Waals surface area contributed by atoms with Crippen LogP contribution >= 0.6 is 0 Å². The highest BCUT2D eigenvalue weighted by atomic mass is 16.5. The van der Waals surface area contributed by atoms with Crippen molar-refractivity contribution in [2.75, 3.05) is 17.7 Å². The summed E-state index contributed by atoms with van der Waals surface area (Å²) in [5.74, 6) is -0.256. The first-order chi connectivity index (χ1) is 13.9. The molecule has 148 valence electrons. The first-order valence-corrected chi connectivity index (χ1v) is 8.85. The highest BCUT2D eigenvalue weighted by molar-refractivity contribution is 6.02. The van der Waals surface area contributed by atoms with E-state index in [0.29, 0.717) is 17.1 Å². The van der Waals surface area contributed by atoms with Crippen molar-refractivity contribution in [2.24, 2.45) is 0 Å². The predicted molar refractivity (Wildman–Crippen MR) is 109 cm³/mol. The molecule has 2 aromatic carbocycles. The average molecular weight is 392 g/mol. The number of hydrogen-bond acceptors (Lipinski definition) is 5. The third kappa shape index (κ3) is 5.29. The number of nitrogens with one attached hydrogen (secondary N) is 2. The number of hydrogen-bond donors (Lipinski definition) is 2. The van der Waals surface area contributed by atoms with E-state index in [4.69, 9.17) is 4.74 Å². The molecule has 0 saturated heterocycles. The Bertz CT molecular complexity index is 1070. The Hall–Kier alpha value is -3.94. The zero-order valence-electron chi connectivity index (χ0n) is 16.0. The lowest BCUT2D eigenvalue weighted by molar-refractivity contribution is -0.117. The van der Waals surface area contributed by atoms with Crippen molar-refractivity contribution in [1.82, 2.24) is 9.78 Å². The largest absolute Gasteiger partial charge is 0.497 e. The van der Waals surface area contributed by atoms with Crippen LogP contribution in [0.25, 0.3) is 0 Å². The average Bonchev–Trinajstić information content (AvgIpc) is 2.72. The number of carbonyl (C=O) groups is 2. The van der Waals surface area contributed by atoms with Crippen molar-refractivity contribution in [3.63, 3.8) is 0 Å². The molecule has 0 aliphatic carbocycles. The summed E-state index contributed by atoms with van der Waals surface area (Å²) in [7, 11) is 1.55. The van der Waals surface area contributed by atoms with Gasteiger partial charge in [0.05, 0.1) is 7.11 Å². The van der Waals surface area contributed by atoms with E-state index >= 15 is 0 Å². The quantitative estimate of drug-likeness (QED) is 0.671. The number of carbonyl (C=O) groups excluding carboxylic acids is 2. The van der Waals surface area contributed by atoms with E-state index in [1.165, 1.54) is 12.1 Å². The van der Waals surface area contributed by atoms with Gasteiger partial charge in [-0.15, -0.1) is 0 Å². The molecule has 1 aromatic heterocycles. The molecular weight excluding hydrogens is 372 g/mol. The van der Waals surface area contributed by atoms with E-state index < -0.39 is 17.4 Å². The standard InChI is InChI=1S/C21H20N4O4/c1-14-3-5-15(6-4-14)22-19(26)13-25-20(27)12-11-18(24-25)21(28)23-16-7-9-17(29-2)10-8-16/h3-12H,13H2,1-2H3,(H,22,26)(H,23,28). The second-order valence-electron chi connectivity index (χ2n) is 6.31. The second kappa shape index (κ2) is 8.83. The summed E-state index contributed by atoms with van der Waals surface area (Å²) in [6.07, 6.45) is 0. The van der Waals surface area contributed by atoms with E-state index in [2.05, 4.69) is 15.7 Å². The fraction of sp³-hybridized carbons (Fsp3) is 0.143. The first kappa shape index (κ1) is 19.8. The molecule has 3 rings (SSSR count). The van der Waals surface area contributed by atoms with Gasteiger partial charge < -0.3 is 15.4 Å². The molecule has 8 nitrogen and oxygen atoms in total. The summed E-state index contributed by atoms with van der Waals surface area (Å²) in [5.41, 5.74) is 1.76. The second-order valence-corrected chi connectivity index (χ2v) is 6.31. The van der Waals surface area contributed by atoms with E-state index in [0.717, 1.165) is 10.2 Å². The molecule has 0 spiro atoms. The number of aryl methyl sites for hydroxylation is 1. The Morgan fingerprint density at radius 2 is 1.55 bits per heavy atom. The van der Waals surface area contributed by atoms with Crippen LogP contribution in [0.15, 0.2) is 65.5 Å². The zero-order chi connectivity index (χ0) is 20.8. The van der Waals surface area contributed by atoms with Crippen molar-refractivity contribution in [2.45, 2.75) is 13.5 Å². The summed E-state index contributed by atoms with van der Waals surface area (Å²) in [5, 5.41) is 9.38. The van der Waals surface area contributed by atoms with Crippen molar-refractivity contribution in [3.05, 3.63) is 82.3 Å². The maximum atomic E-state index is 12.4. The molecule has 0 atom stereocenters. The molecular formula is C21H20N4O4. The molecule has 1 heterocycles. The summed E-state index contributed by atoms with van der Waals surface area (Å²) < 4.78 is 6.02. The van der Waals surface area contributed by atoms with Crippen LogP contribution < -0.4 is 20.9 Å². The van der Waals surface area contributed by atoms with Crippen LogP contribution in [0.3, 0.4) is 0 Å². The van der Waals surface area contributed by atoms with Gasteiger partial charge in [-0.2, -0.15) is 5.10 Å². The van der Waals surface area contributed by atoms with E-state index in [1.54, 1.807) is 43.5 Å². The predicted octanol–water partition coefficient (Wildman–Crippen LogP) is 2.45. The number of ether oxygens (including phenoxy) is 1. The van der Waals surface area contributed by atoms with Crippen LogP contribution in [0.4, 0.5) is 11.4 Å². The number of amides is 2. The maximum absolute atomic E-state index is 12.4. The number of aromatic nitrogens is 2. The van der Waals surface area contributed by atoms with Crippen molar-refractivity contribution < 1.29 is 14.3 Å². The Morgan fingerprint density at radius 1 is 0.931 bits per heavy atom. The van der Waals surface area contributed by atoms with Crippen LogP contribution in [0.1, 0.15) is 16.1 Å². The van der Waals surface area contributed by atoms with Crippen LogP contribution in [-0.2, 0) is 11.3 Å². The fourth-order valence-corrected chi connectivity index (χ4v) is 2.53. The maximum Gasteiger partial charge on any atom is 0.276 e. The molecule has 0 fully saturated rings. The van der Waals surface area contributed by atoms with Gasteiger partial charge in [0.25, 0.3) is 11.5 Å². The minimum Gasteiger partial charge on any atom is -0.497 e. The first-order valence-electron chi connectivity index (χ1n) is 8.85. The molecule has 0 aliphatic rings. The minimum atomic E-state index is -0.497. The number of benzene rings is 2. The van der Waals surface area contributed by atoms with Crippen LogP contribution in [0.2, 0.25) is 0 Å². The Kier molecular flexibility index (Phi) is 6.03. The lowest BCUT2D eigenvalue weighted by Gasteiger charge is -2.09. The molecule has 0 aliphatic heterocycles. The van der Waals surface area contributed by atoms with Gasteiger partial charge in [-0.05, 0) is 49.4 Å². The summed E-state index contributed by atoms with van der Waals surface area (Å²) in [6, 6.07) is 16.6. The molecule has 8 heteroatoms. The van der Waals surface area contributed by atoms with Gasteiger partial charge in [0.2, 0.25) is 5.91 Å². The number of nitrogens with zero attached hydrogens (tertiary/aromatic N) is 2. The normalized spacial score (nSPS) is 10.3. The van der Waals surface area contributed by atoms with Gasteiger partial charge in [0, 0.05) is 17.4 Å². The molecule has 3 aromatic rings. The summed E-state index contributed by atoms with van der Waals surface area (Å²) >= 11 is 0. The van der Waals surface area contributed by atoms with Gasteiger partial charge in [-0.3, -0.25) is 14.4 Å². The SMILES string of the molecule is COc1ccc(NC(=O)c2ccc(=O)n(CC(=O)Nc3ccc(C)cc3)n2)cc1. The smallest absolute Gasteiger partial charge is 0.276 e. The zero-order valence-corrected chi connectivity index (χ0v) is 16.0. The van der Waals surface area contributed by atoms with Crippen molar-refractivity contribution in [3.8, 4) is 5.75 Å². The lowest BCUT2D eigenvalue weighted by atomic mass is 10.2. The van der Waals surface area contributed by atoms with Crippen LogP contribution in [0.5, 0.6) is 5.75 Å². The van der Waals surface area contributed by atoms with E-state index in [-0.39, 0.29) is 12.2 Å². The van der Waals surface area contributed by atoms with Crippen LogP contribution in [0, 0.1) is 6.92 Å². The highest BCUT2D eigenvalue weighted by Crippen LogP contribution is 2.15. The molecule has 0 bridgehead atoms. The highest BCUT2D eigenvalue weighted by Gasteiger charge is 2.12. The van der Waals surface area contributed by atoms with Gasteiger partial charge in [0.1, 0.15) is 18.0 Å². The Labute approximate surface area is 167 Å².